The van der Waals surface area contributed by atoms with Crippen molar-refractivity contribution in [3.63, 3.8) is 0 Å². The van der Waals surface area contributed by atoms with Gasteiger partial charge in [-0.15, -0.1) is 0 Å². The van der Waals surface area contributed by atoms with Crippen LogP contribution >= 0.6 is 11.6 Å². The van der Waals surface area contributed by atoms with E-state index in [0.717, 1.165) is 30.6 Å². The lowest BCUT2D eigenvalue weighted by molar-refractivity contribution is 0.227. The number of rotatable bonds is 7. The zero-order valence-corrected chi connectivity index (χ0v) is 20.0. The molecule has 0 radical (unpaired) electrons. The average Bonchev–Trinajstić information content (AvgIpc) is 3.06. The number of hydrogen-bond acceptors (Lipinski definition) is 5. The molecule has 1 unspecified atom stereocenters. The minimum atomic E-state index is -3.20. The summed E-state index contributed by atoms with van der Waals surface area (Å²) in [4.78, 5) is 2.77. The number of nitrogens with zero attached hydrogens (tertiary/aromatic N) is 2. The number of likely N-dealkylation sites (tertiary alicyclic amines) is 1. The van der Waals surface area contributed by atoms with E-state index in [0.29, 0.717) is 39.8 Å². The maximum atomic E-state index is 11.6. The molecular weight excluding hydrogens is 432 g/mol. The maximum Gasteiger partial charge on any atom is 0.175 e. The Bertz CT molecular complexity index is 1080. The highest BCUT2D eigenvalue weighted by atomic mass is 35.5. The first-order chi connectivity index (χ1) is 14.6. The van der Waals surface area contributed by atoms with E-state index in [4.69, 9.17) is 16.3 Å². The molecule has 3 atom stereocenters. The Morgan fingerprint density at radius 3 is 2.58 bits per heavy atom. The van der Waals surface area contributed by atoms with E-state index in [1.807, 2.05) is 13.0 Å². The highest BCUT2D eigenvalue weighted by Gasteiger charge is 2.31. The van der Waals surface area contributed by atoms with Crippen molar-refractivity contribution in [2.45, 2.75) is 44.0 Å². The van der Waals surface area contributed by atoms with Crippen molar-refractivity contribution in [2.24, 2.45) is 5.92 Å². The first kappa shape index (κ1) is 23.6. The van der Waals surface area contributed by atoms with Crippen LogP contribution in [0.1, 0.15) is 42.9 Å². The summed E-state index contributed by atoms with van der Waals surface area (Å²) in [6.07, 6.45) is 2.25. The number of hydrogen-bond donors (Lipinski definition) is 0. The van der Waals surface area contributed by atoms with E-state index >= 15 is 0 Å². The van der Waals surface area contributed by atoms with Gasteiger partial charge in [0.2, 0.25) is 0 Å². The van der Waals surface area contributed by atoms with Gasteiger partial charge in [-0.05, 0) is 73.7 Å². The van der Waals surface area contributed by atoms with Gasteiger partial charge in [-0.2, -0.15) is 5.26 Å². The van der Waals surface area contributed by atoms with Crippen molar-refractivity contribution in [3.8, 4) is 11.8 Å². The molecule has 1 fully saturated rings. The number of sulfone groups is 1. The molecule has 1 heterocycles. The summed E-state index contributed by atoms with van der Waals surface area (Å²) in [5.74, 6) is 1.36. The van der Waals surface area contributed by atoms with E-state index in [2.05, 4.69) is 24.8 Å². The van der Waals surface area contributed by atoms with Crippen molar-refractivity contribution in [1.29, 1.82) is 5.26 Å². The third kappa shape index (κ3) is 5.79. The van der Waals surface area contributed by atoms with Gasteiger partial charge in [0.15, 0.2) is 9.84 Å². The predicted molar refractivity (Wildman–Crippen MR) is 124 cm³/mol. The van der Waals surface area contributed by atoms with E-state index in [1.165, 1.54) is 6.26 Å². The van der Waals surface area contributed by atoms with Crippen LogP contribution in [0, 0.1) is 24.2 Å². The van der Waals surface area contributed by atoms with Gasteiger partial charge in [0, 0.05) is 36.3 Å². The summed E-state index contributed by atoms with van der Waals surface area (Å²) < 4.78 is 29.1. The monoisotopic (exact) mass is 460 g/mol. The first-order valence-electron chi connectivity index (χ1n) is 10.5. The molecule has 0 bridgehead atoms. The fourth-order valence-electron chi connectivity index (χ4n) is 4.37. The molecule has 1 saturated heterocycles. The lowest BCUT2D eigenvalue weighted by Crippen LogP contribution is -2.31. The molecular formula is C24H29ClN2O3S. The summed E-state index contributed by atoms with van der Waals surface area (Å²) in [6.45, 7) is 8.84. The van der Waals surface area contributed by atoms with Crippen LogP contribution in [0.4, 0.5) is 0 Å². The van der Waals surface area contributed by atoms with Crippen LogP contribution < -0.4 is 4.74 Å². The second-order valence-corrected chi connectivity index (χ2v) is 11.1. The lowest BCUT2D eigenvalue weighted by Gasteiger charge is -2.26. The third-order valence-corrected chi connectivity index (χ3v) is 7.45. The molecule has 0 aromatic heterocycles. The zero-order valence-electron chi connectivity index (χ0n) is 18.4. The molecule has 166 valence electrons. The number of benzene rings is 2. The molecule has 2 aromatic carbocycles. The standard InChI is InChI=1S/C24H29ClN2O3S/c1-16(24-11-21(25)10-20(12-26)18(24)3)13-27-14-19(9-17(27)2)15-30-22-5-7-23(8-6-22)31(4,28)29/h5-8,10-11,16-17,19H,9,13-15H2,1-4H3/t16?,17-,19+/m1/s1. The topological polar surface area (TPSA) is 70.4 Å². The largest absolute Gasteiger partial charge is 0.493 e. The van der Waals surface area contributed by atoms with Crippen LogP contribution in [-0.2, 0) is 9.84 Å². The number of halogens is 1. The average molecular weight is 461 g/mol. The van der Waals surface area contributed by atoms with E-state index in [1.54, 1.807) is 30.3 Å². The lowest BCUT2D eigenvalue weighted by atomic mass is 9.93. The molecule has 5 nitrogen and oxygen atoms in total. The molecule has 1 aliphatic heterocycles. The van der Waals surface area contributed by atoms with Crippen molar-refractivity contribution >= 4 is 21.4 Å². The number of ether oxygens (including phenoxy) is 1. The normalized spacial score (nSPS) is 20.4. The fraction of sp³-hybridized carbons (Fsp3) is 0.458. The van der Waals surface area contributed by atoms with Crippen molar-refractivity contribution in [2.75, 3.05) is 26.0 Å². The molecule has 7 heteroatoms. The van der Waals surface area contributed by atoms with Crippen LogP contribution in [0.5, 0.6) is 5.75 Å². The van der Waals surface area contributed by atoms with Gasteiger partial charge in [-0.25, -0.2) is 8.42 Å². The summed E-state index contributed by atoms with van der Waals surface area (Å²) in [5.41, 5.74) is 2.77. The molecule has 0 saturated carbocycles. The van der Waals surface area contributed by atoms with Gasteiger partial charge in [-0.1, -0.05) is 18.5 Å². The van der Waals surface area contributed by atoms with Crippen molar-refractivity contribution < 1.29 is 13.2 Å². The molecule has 0 amide bonds. The summed E-state index contributed by atoms with van der Waals surface area (Å²) in [6, 6.07) is 13.0. The van der Waals surface area contributed by atoms with Gasteiger partial charge >= 0.3 is 0 Å². The van der Waals surface area contributed by atoms with Crippen molar-refractivity contribution in [1.82, 2.24) is 4.90 Å². The first-order valence-corrected chi connectivity index (χ1v) is 12.7. The van der Waals surface area contributed by atoms with Crippen molar-refractivity contribution in [3.05, 3.63) is 58.1 Å². The molecule has 3 rings (SSSR count). The smallest absolute Gasteiger partial charge is 0.175 e. The Kier molecular flexibility index (Phi) is 7.31. The van der Waals surface area contributed by atoms with Gasteiger partial charge in [0.05, 0.1) is 23.1 Å². The van der Waals surface area contributed by atoms with E-state index < -0.39 is 9.84 Å². The molecule has 0 aliphatic carbocycles. The molecule has 31 heavy (non-hydrogen) atoms. The van der Waals surface area contributed by atoms with Crippen LogP contribution in [-0.4, -0.2) is 45.3 Å². The predicted octanol–water partition coefficient (Wildman–Crippen LogP) is 4.82. The van der Waals surface area contributed by atoms with Crippen LogP contribution in [0.2, 0.25) is 5.02 Å². The Hall–Kier alpha value is -2.07. The Labute approximate surface area is 190 Å². The summed E-state index contributed by atoms with van der Waals surface area (Å²) in [7, 11) is -3.20. The minimum absolute atomic E-state index is 0.261. The van der Waals surface area contributed by atoms with E-state index in [9.17, 15) is 13.7 Å². The SMILES string of the molecule is Cc1c(C#N)cc(Cl)cc1C(C)CN1C[C@@H](COc2ccc(S(C)(=O)=O)cc2)C[C@H]1C. The van der Waals surface area contributed by atoms with Gasteiger partial charge in [0.25, 0.3) is 0 Å². The molecule has 0 spiro atoms. The third-order valence-electron chi connectivity index (χ3n) is 6.10. The Morgan fingerprint density at radius 1 is 1.29 bits per heavy atom. The highest BCUT2D eigenvalue weighted by Crippen LogP contribution is 2.31. The Balaban J connectivity index is 1.59. The van der Waals surface area contributed by atoms with Gasteiger partial charge in [0.1, 0.15) is 5.75 Å². The maximum absolute atomic E-state index is 11.6. The summed E-state index contributed by atoms with van der Waals surface area (Å²) in [5, 5.41) is 9.96. The molecule has 1 aliphatic rings. The summed E-state index contributed by atoms with van der Waals surface area (Å²) >= 11 is 6.23. The quantitative estimate of drug-likeness (QED) is 0.592. The molecule has 2 aromatic rings. The second kappa shape index (κ2) is 9.60. The van der Waals surface area contributed by atoms with Gasteiger partial charge in [-0.3, -0.25) is 4.90 Å². The van der Waals surface area contributed by atoms with Crippen LogP contribution in [0.25, 0.3) is 0 Å². The van der Waals surface area contributed by atoms with Gasteiger partial charge < -0.3 is 4.74 Å². The highest BCUT2D eigenvalue weighted by molar-refractivity contribution is 7.90. The zero-order chi connectivity index (χ0) is 22.8. The van der Waals surface area contributed by atoms with Crippen LogP contribution in [0.15, 0.2) is 41.3 Å². The second-order valence-electron chi connectivity index (χ2n) is 8.64. The van der Waals surface area contributed by atoms with E-state index in [-0.39, 0.29) is 5.92 Å². The number of nitriles is 1. The Morgan fingerprint density at radius 2 is 1.97 bits per heavy atom. The molecule has 0 N–H and O–H groups in total. The minimum Gasteiger partial charge on any atom is -0.493 e. The van der Waals surface area contributed by atoms with Crippen LogP contribution in [0.3, 0.4) is 0 Å². The fourth-order valence-corrected chi connectivity index (χ4v) is 5.23.